The molecule has 0 spiro atoms. The standard InChI is InChI=1S/C24H32ClN3O6S2/c1-24(2,3)34-23(29)17-13-15-28(16-14-17)22-20(25)7-6-8-21(22)26-35(30,31)18-9-11-19(12-10-18)36(32,33)27(4)5/h6-12,17,26H,13-16H2,1-5H3. The maximum Gasteiger partial charge on any atom is 0.309 e. The Morgan fingerprint density at radius 1 is 1.00 bits per heavy atom. The molecule has 2 aromatic rings. The number of anilines is 2. The smallest absolute Gasteiger partial charge is 0.309 e. The number of carbonyl (C=O) groups is 1. The Morgan fingerprint density at radius 3 is 2.08 bits per heavy atom. The molecule has 1 aliphatic heterocycles. The lowest BCUT2D eigenvalue weighted by atomic mass is 9.96. The maximum atomic E-state index is 13.1. The second kappa shape index (κ2) is 10.6. The second-order valence-corrected chi connectivity index (χ2v) is 14.0. The summed E-state index contributed by atoms with van der Waals surface area (Å²) in [5, 5.41) is 0.373. The first-order valence-corrected chi connectivity index (χ1v) is 14.7. The number of nitrogens with one attached hydrogen (secondary N) is 1. The van der Waals surface area contributed by atoms with Crippen molar-refractivity contribution in [3.8, 4) is 0 Å². The van der Waals surface area contributed by atoms with Crippen molar-refractivity contribution in [1.29, 1.82) is 0 Å². The van der Waals surface area contributed by atoms with Crippen LogP contribution in [0, 0.1) is 5.92 Å². The quantitative estimate of drug-likeness (QED) is 0.513. The molecule has 12 heteroatoms. The van der Waals surface area contributed by atoms with Crippen LogP contribution in [0.3, 0.4) is 0 Å². The van der Waals surface area contributed by atoms with Gasteiger partial charge in [-0.2, -0.15) is 0 Å². The molecule has 198 valence electrons. The number of esters is 1. The molecule has 1 saturated heterocycles. The summed E-state index contributed by atoms with van der Waals surface area (Å²) >= 11 is 6.48. The van der Waals surface area contributed by atoms with E-state index in [1.54, 1.807) is 18.2 Å². The molecule has 1 heterocycles. The number of piperidine rings is 1. The van der Waals surface area contributed by atoms with E-state index >= 15 is 0 Å². The molecule has 1 aliphatic rings. The summed E-state index contributed by atoms with van der Waals surface area (Å²) in [7, 11) is -4.92. The van der Waals surface area contributed by atoms with Gasteiger partial charge in [0.25, 0.3) is 10.0 Å². The van der Waals surface area contributed by atoms with Gasteiger partial charge in [-0.05, 0) is 70.0 Å². The van der Waals surface area contributed by atoms with Crippen molar-refractivity contribution in [2.45, 2.75) is 49.0 Å². The normalized spacial score (nSPS) is 15.7. The monoisotopic (exact) mass is 557 g/mol. The van der Waals surface area contributed by atoms with Crippen LogP contribution in [-0.4, -0.2) is 59.9 Å². The van der Waals surface area contributed by atoms with Gasteiger partial charge in [-0.1, -0.05) is 17.7 Å². The summed E-state index contributed by atoms with van der Waals surface area (Å²) in [6.45, 7) is 6.49. The molecule has 0 radical (unpaired) electrons. The van der Waals surface area contributed by atoms with Crippen molar-refractivity contribution in [3.63, 3.8) is 0 Å². The molecule has 0 bridgehead atoms. The van der Waals surface area contributed by atoms with Gasteiger partial charge in [0, 0.05) is 27.2 Å². The van der Waals surface area contributed by atoms with E-state index in [1.165, 1.54) is 38.4 Å². The zero-order valence-electron chi connectivity index (χ0n) is 21.0. The minimum absolute atomic E-state index is 0.0113. The minimum atomic E-state index is -4.04. The van der Waals surface area contributed by atoms with E-state index in [4.69, 9.17) is 16.3 Å². The number of nitrogens with zero attached hydrogens (tertiary/aromatic N) is 2. The van der Waals surface area contributed by atoms with E-state index < -0.39 is 25.6 Å². The van der Waals surface area contributed by atoms with Gasteiger partial charge in [0.15, 0.2) is 0 Å². The fourth-order valence-electron chi connectivity index (χ4n) is 3.85. The van der Waals surface area contributed by atoms with Crippen LogP contribution in [0.4, 0.5) is 11.4 Å². The van der Waals surface area contributed by atoms with Gasteiger partial charge in [0.05, 0.1) is 32.1 Å². The van der Waals surface area contributed by atoms with Crippen LogP contribution < -0.4 is 9.62 Å². The van der Waals surface area contributed by atoms with Gasteiger partial charge in [-0.25, -0.2) is 21.1 Å². The van der Waals surface area contributed by atoms with Crippen LogP contribution in [0.5, 0.6) is 0 Å². The molecule has 0 aromatic heterocycles. The number of sulfonamides is 2. The molecule has 0 amide bonds. The molecule has 2 aromatic carbocycles. The van der Waals surface area contributed by atoms with Crippen molar-refractivity contribution < 1.29 is 26.4 Å². The van der Waals surface area contributed by atoms with Crippen LogP contribution in [0.25, 0.3) is 0 Å². The third-order valence-electron chi connectivity index (χ3n) is 5.70. The van der Waals surface area contributed by atoms with E-state index in [1.807, 2.05) is 25.7 Å². The summed E-state index contributed by atoms with van der Waals surface area (Å²) in [4.78, 5) is 14.3. The molecule has 36 heavy (non-hydrogen) atoms. The number of benzene rings is 2. The summed E-state index contributed by atoms with van der Waals surface area (Å²) in [6.07, 6.45) is 1.10. The summed E-state index contributed by atoms with van der Waals surface area (Å²) in [5.74, 6) is -0.470. The number of carbonyl (C=O) groups excluding carboxylic acids is 1. The first kappa shape index (κ1) is 28.2. The summed E-state index contributed by atoms with van der Waals surface area (Å²) < 4.78 is 60.0. The van der Waals surface area contributed by atoms with Crippen LogP contribution in [0.1, 0.15) is 33.6 Å². The molecular weight excluding hydrogens is 526 g/mol. The largest absolute Gasteiger partial charge is 0.460 e. The van der Waals surface area contributed by atoms with Gasteiger partial charge < -0.3 is 9.64 Å². The first-order chi connectivity index (χ1) is 16.6. The van der Waals surface area contributed by atoms with E-state index in [2.05, 4.69) is 4.72 Å². The predicted molar refractivity (Wildman–Crippen MR) is 140 cm³/mol. The summed E-state index contributed by atoms with van der Waals surface area (Å²) in [5.41, 5.74) is 0.262. The Hall–Kier alpha value is -2.34. The molecule has 1 N–H and O–H groups in total. The Morgan fingerprint density at radius 2 is 1.56 bits per heavy atom. The SMILES string of the molecule is CN(C)S(=O)(=O)c1ccc(S(=O)(=O)Nc2cccc(Cl)c2N2CCC(C(=O)OC(C)(C)C)CC2)cc1. The Bertz CT molecular complexity index is 1310. The third-order valence-corrected chi connectivity index (χ3v) is 9.21. The topological polar surface area (TPSA) is 113 Å². The van der Waals surface area contributed by atoms with Gasteiger partial charge in [-0.3, -0.25) is 9.52 Å². The number of ether oxygens (including phenoxy) is 1. The molecule has 9 nitrogen and oxygen atoms in total. The Labute approximate surface area is 218 Å². The van der Waals surface area contributed by atoms with Crippen LogP contribution in [0.2, 0.25) is 5.02 Å². The summed E-state index contributed by atoms with van der Waals surface area (Å²) in [6, 6.07) is 9.93. The molecule has 1 fully saturated rings. The van der Waals surface area contributed by atoms with Crippen LogP contribution in [0.15, 0.2) is 52.3 Å². The average Bonchev–Trinajstić information content (AvgIpc) is 2.78. The number of hydrogen-bond donors (Lipinski definition) is 1. The van der Waals surface area contributed by atoms with E-state index in [0.717, 1.165) is 4.31 Å². The number of para-hydroxylation sites is 1. The minimum Gasteiger partial charge on any atom is -0.460 e. The lowest BCUT2D eigenvalue weighted by Gasteiger charge is -2.35. The van der Waals surface area contributed by atoms with E-state index in [-0.39, 0.29) is 21.7 Å². The van der Waals surface area contributed by atoms with Gasteiger partial charge >= 0.3 is 5.97 Å². The average molecular weight is 558 g/mol. The van der Waals surface area contributed by atoms with Crippen LogP contribution >= 0.6 is 11.6 Å². The Kier molecular flexibility index (Phi) is 8.29. The lowest BCUT2D eigenvalue weighted by molar-refractivity contribution is -0.160. The van der Waals surface area contributed by atoms with E-state index in [0.29, 0.717) is 42.3 Å². The Balaban J connectivity index is 1.80. The number of halogens is 1. The maximum absolute atomic E-state index is 13.1. The molecule has 0 aliphatic carbocycles. The van der Waals surface area contributed by atoms with Crippen molar-refractivity contribution in [3.05, 3.63) is 47.5 Å². The van der Waals surface area contributed by atoms with Gasteiger partial charge in [-0.15, -0.1) is 0 Å². The van der Waals surface area contributed by atoms with E-state index in [9.17, 15) is 21.6 Å². The molecular formula is C24H32ClN3O6S2. The number of hydrogen-bond acceptors (Lipinski definition) is 7. The highest BCUT2D eigenvalue weighted by molar-refractivity contribution is 7.92. The van der Waals surface area contributed by atoms with Crippen molar-refractivity contribution in [2.75, 3.05) is 36.8 Å². The van der Waals surface area contributed by atoms with Gasteiger partial charge in [0.2, 0.25) is 10.0 Å². The highest BCUT2D eigenvalue weighted by atomic mass is 35.5. The van der Waals surface area contributed by atoms with Crippen molar-refractivity contribution >= 4 is 49.0 Å². The lowest BCUT2D eigenvalue weighted by Crippen LogP contribution is -2.39. The molecule has 0 unspecified atom stereocenters. The van der Waals surface area contributed by atoms with Gasteiger partial charge in [0.1, 0.15) is 5.60 Å². The zero-order valence-corrected chi connectivity index (χ0v) is 23.4. The van der Waals surface area contributed by atoms with Crippen molar-refractivity contribution in [1.82, 2.24) is 4.31 Å². The molecule has 0 saturated carbocycles. The molecule has 3 rings (SSSR count). The highest BCUT2D eigenvalue weighted by Gasteiger charge is 2.31. The fourth-order valence-corrected chi connectivity index (χ4v) is 6.11. The van der Waals surface area contributed by atoms with Crippen molar-refractivity contribution in [2.24, 2.45) is 5.92 Å². The fraction of sp³-hybridized carbons (Fsp3) is 0.458. The number of rotatable bonds is 7. The predicted octanol–water partition coefficient (Wildman–Crippen LogP) is 3.95. The molecule has 0 atom stereocenters. The second-order valence-electron chi connectivity index (χ2n) is 9.80. The zero-order chi connectivity index (χ0) is 26.9. The third kappa shape index (κ3) is 6.50. The first-order valence-electron chi connectivity index (χ1n) is 11.4. The highest BCUT2D eigenvalue weighted by Crippen LogP contribution is 2.38. The van der Waals surface area contributed by atoms with Crippen LogP contribution in [-0.2, 0) is 29.6 Å².